The van der Waals surface area contributed by atoms with Crippen LogP contribution in [0.1, 0.15) is 106 Å². The topological polar surface area (TPSA) is 40.5 Å². The third kappa shape index (κ3) is 2.66. The monoisotopic (exact) mass is 442 g/mol. The van der Waals surface area contributed by atoms with Crippen molar-refractivity contribution in [2.45, 2.75) is 112 Å². The van der Waals surface area contributed by atoms with Gasteiger partial charge in [0.25, 0.3) is 0 Å². The Morgan fingerprint density at radius 1 is 0.875 bits per heavy atom. The van der Waals surface area contributed by atoms with Crippen LogP contribution in [0.5, 0.6) is 0 Å². The summed E-state index contributed by atoms with van der Waals surface area (Å²) in [5, 5.41) is 21.3. The number of hydrogen-bond acceptors (Lipinski definition) is 2. The zero-order valence-corrected chi connectivity index (χ0v) is 22.0. The second kappa shape index (κ2) is 7.09. The molecule has 32 heavy (non-hydrogen) atoms. The van der Waals surface area contributed by atoms with Gasteiger partial charge in [-0.2, -0.15) is 0 Å². The maximum Gasteiger partial charge on any atom is 0.0618 e. The van der Waals surface area contributed by atoms with Crippen LogP contribution in [0.15, 0.2) is 11.6 Å². The van der Waals surface area contributed by atoms with Gasteiger partial charge < -0.3 is 10.2 Å². The van der Waals surface area contributed by atoms with E-state index in [-0.39, 0.29) is 23.5 Å². The van der Waals surface area contributed by atoms with Crippen LogP contribution in [0.4, 0.5) is 0 Å². The first-order valence-corrected chi connectivity index (χ1v) is 13.9. The lowest BCUT2D eigenvalue weighted by atomic mass is 9.33. The Balaban J connectivity index is 1.59. The molecule has 5 aliphatic carbocycles. The lowest BCUT2D eigenvalue weighted by molar-refractivity contribution is -0.215. The molecule has 0 spiro atoms. The van der Waals surface area contributed by atoms with Gasteiger partial charge in [-0.15, -0.1) is 0 Å². The van der Waals surface area contributed by atoms with Gasteiger partial charge in [0.2, 0.25) is 0 Å². The highest BCUT2D eigenvalue weighted by Gasteiger charge is 2.68. The molecule has 5 aliphatic rings. The molecule has 182 valence electrons. The summed E-state index contributed by atoms with van der Waals surface area (Å²) in [6, 6.07) is 0. The normalized spacial score (nSPS) is 59.8. The Hall–Kier alpha value is -0.340. The zero-order valence-electron chi connectivity index (χ0n) is 22.0. The summed E-state index contributed by atoms with van der Waals surface area (Å²) in [7, 11) is 0. The predicted octanol–water partition coefficient (Wildman–Crippen LogP) is 7.00. The SMILES string of the molecule is C[C@H]1[C@H](C)CC[C@]2(C)CC[C@]3(C)C(=CC[C@@H]4[C@@]5(C)CC[C@@H](O)[C@](C)(CO)[C@@H]5CC[C@]43C)[C@H]12. The molecule has 0 aromatic heterocycles. The first kappa shape index (κ1) is 23.4. The molecule has 0 aromatic rings. The molecule has 4 saturated carbocycles. The van der Waals surface area contributed by atoms with Crippen LogP contribution >= 0.6 is 0 Å². The summed E-state index contributed by atoms with van der Waals surface area (Å²) in [5.74, 6) is 3.45. The molecule has 2 heteroatoms. The van der Waals surface area contributed by atoms with Gasteiger partial charge in [0.1, 0.15) is 0 Å². The molecule has 0 heterocycles. The van der Waals surface area contributed by atoms with Crippen LogP contribution in [0.25, 0.3) is 0 Å². The summed E-state index contributed by atoms with van der Waals surface area (Å²) < 4.78 is 0. The van der Waals surface area contributed by atoms with Crippen molar-refractivity contribution >= 4 is 0 Å². The number of aliphatic hydroxyl groups is 2. The highest BCUT2D eigenvalue weighted by Crippen LogP contribution is 2.75. The Morgan fingerprint density at radius 2 is 1.59 bits per heavy atom. The molecule has 0 saturated heterocycles. The molecule has 5 rings (SSSR count). The minimum absolute atomic E-state index is 0.117. The van der Waals surface area contributed by atoms with Crippen molar-refractivity contribution in [3.63, 3.8) is 0 Å². The van der Waals surface area contributed by atoms with Crippen molar-refractivity contribution in [2.75, 3.05) is 6.61 Å². The second-order valence-corrected chi connectivity index (χ2v) is 14.5. The van der Waals surface area contributed by atoms with Crippen molar-refractivity contribution in [2.24, 2.45) is 56.7 Å². The van der Waals surface area contributed by atoms with Crippen LogP contribution in [-0.4, -0.2) is 22.9 Å². The third-order valence-corrected chi connectivity index (χ3v) is 13.5. The van der Waals surface area contributed by atoms with Crippen molar-refractivity contribution < 1.29 is 10.2 Å². The summed E-state index contributed by atoms with van der Waals surface area (Å²) in [6.07, 6.45) is 13.5. The average molecular weight is 443 g/mol. The molecule has 0 aliphatic heterocycles. The van der Waals surface area contributed by atoms with Crippen LogP contribution in [-0.2, 0) is 0 Å². The van der Waals surface area contributed by atoms with E-state index in [0.717, 1.165) is 37.0 Å². The molecule has 2 N–H and O–H groups in total. The molecule has 0 bridgehead atoms. The number of aliphatic hydroxyl groups excluding tert-OH is 2. The lowest BCUT2D eigenvalue weighted by Crippen LogP contribution is -2.65. The lowest BCUT2D eigenvalue weighted by Gasteiger charge is -2.71. The number of fused-ring (bicyclic) bond motifs is 7. The van der Waals surface area contributed by atoms with E-state index in [4.69, 9.17) is 0 Å². The largest absolute Gasteiger partial charge is 0.396 e. The van der Waals surface area contributed by atoms with E-state index >= 15 is 0 Å². The van der Waals surface area contributed by atoms with Gasteiger partial charge in [0, 0.05) is 5.41 Å². The minimum Gasteiger partial charge on any atom is -0.396 e. The van der Waals surface area contributed by atoms with Crippen LogP contribution in [0.2, 0.25) is 0 Å². The fourth-order valence-corrected chi connectivity index (χ4v) is 10.9. The first-order chi connectivity index (χ1) is 14.9. The van der Waals surface area contributed by atoms with Gasteiger partial charge in [0.15, 0.2) is 0 Å². The molecule has 0 unspecified atom stereocenters. The van der Waals surface area contributed by atoms with E-state index in [2.05, 4.69) is 54.5 Å². The van der Waals surface area contributed by atoms with E-state index < -0.39 is 0 Å². The average Bonchev–Trinajstić information content (AvgIpc) is 2.75. The predicted molar refractivity (Wildman–Crippen MR) is 132 cm³/mol. The van der Waals surface area contributed by atoms with E-state index in [1.807, 2.05) is 5.57 Å². The van der Waals surface area contributed by atoms with Crippen molar-refractivity contribution in [3.05, 3.63) is 11.6 Å². The minimum atomic E-state index is -0.361. The third-order valence-electron chi connectivity index (χ3n) is 13.5. The molecule has 2 nitrogen and oxygen atoms in total. The van der Waals surface area contributed by atoms with Crippen LogP contribution < -0.4 is 0 Å². The molecule has 0 radical (unpaired) electrons. The number of rotatable bonds is 1. The molecular formula is C30H50O2. The van der Waals surface area contributed by atoms with Crippen LogP contribution in [0.3, 0.4) is 0 Å². The van der Waals surface area contributed by atoms with Gasteiger partial charge >= 0.3 is 0 Å². The highest BCUT2D eigenvalue weighted by molar-refractivity contribution is 5.33. The Bertz CT molecular complexity index is 803. The van der Waals surface area contributed by atoms with Gasteiger partial charge in [0.05, 0.1) is 12.7 Å². The summed E-state index contributed by atoms with van der Waals surface area (Å²) in [6.45, 7) is 17.8. The first-order valence-electron chi connectivity index (χ1n) is 13.9. The standard InChI is InChI=1S/C30H50O2/c1-19-10-13-26(3)16-17-29(6)21(25(26)20(19)2)8-9-23-27(4)14-12-24(32)28(5,18-31)22(27)11-15-30(23,29)7/h8,19-20,22-25,31-32H,9-18H2,1-7H3/t19-,20+,22-,23-,24-,25+,26-,27+,28-,29-,30-/m1/s1. The quantitative estimate of drug-likeness (QED) is 0.429. The van der Waals surface area contributed by atoms with Gasteiger partial charge in [-0.3, -0.25) is 0 Å². The van der Waals surface area contributed by atoms with E-state index in [9.17, 15) is 10.2 Å². The van der Waals surface area contributed by atoms with E-state index in [0.29, 0.717) is 28.1 Å². The molecule has 0 amide bonds. The van der Waals surface area contributed by atoms with Gasteiger partial charge in [-0.1, -0.05) is 60.1 Å². The van der Waals surface area contributed by atoms with E-state index in [1.54, 1.807) is 0 Å². The molecular weight excluding hydrogens is 392 g/mol. The number of hydrogen-bond donors (Lipinski definition) is 2. The van der Waals surface area contributed by atoms with Gasteiger partial charge in [-0.05, 0) is 109 Å². The van der Waals surface area contributed by atoms with Gasteiger partial charge in [-0.25, -0.2) is 0 Å². The molecule has 0 aromatic carbocycles. The van der Waals surface area contributed by atoms with Crippen molar-refractivity contribution in [3.8, 4) is 0 Å². The Kier molecular flexibility index (Phi) is 5.19. The maximum absolute atomic E-state index is 10.9. The summed E-state index contributed by atoms with van der Waals surface area (Å²) >= 11 is 0. The zero-order chi connectivity index (χ0) is 23.3. The maximum atomic E-state index is 10.9. The number of allylic oxidation sites excluding steroid dienone is 2. The second-order valence-electron chi connectivity index (χ2n) is 14.5. The molecule has 4 fully saturated rings. The fraction of sp³-hybridized carbons (Fsp3) is 0.933. The Morgan fingerprint density at radius 3 is 2.28 bits per heavy atom. The van der Waals surface area contributed by atoms with E-state index in [1.165, 1.54) is 38.5 Å². The summed E-state index contributed by atoms with van der Waals surface area (Å²) in [4.78, 5) is 0. The van der Waals surface area contributed by atoms with Crippen molar-refractivity contribution in [1.29, 1.82) is 0 Å². The summed E-state index contributed by atoms with van der Waals surface area (Å²) in [5.41, 5.74) is 2.81. The van der Waals surface area contributed by atoms with Crippen LogP contribution in [0, 0.1) is 56.7 Å². The van der Waals surface area contributed by atoms with Crippen molar-refractivity contribution in [1.82, 2.24) is 0 Å². The smallest absolute Gasteiger partial charge is 0.0618 e. The molecule has 11 atom stereocenters. The fourth-order valence-electron chi connectivity index (χ4n) is 10.9. The highest BCUT2D eigenvalue weighted by atomic mass is 16.3. The Labute approximate surface area is 197 Å².